The molecule has 0 fully saturated rings. The largest absolute Gasteiger partial charge is 0.508 e. The molecule has 3 aromatic rings. The molecule has 1 atom stereocenters. The molecule has 1 aliphatic heterocycles. The van der Waals surface area contributed by atoms with Crippen LogP contribution in [-0.2, 0) is 0 Å². The predicted octanol–water partition coefficient (Wildman–Crippen LogP) is 5.69. The van der Waals surface area contributed by atoms with Crippen molar-refractivity contribution in [3.63, 3.8) is 0 Å². The maximum atomic E-state index is 13.6. The summed E-state index contributed by atoms with van der Waals surface area (Å²) in [5.74, 6) is -0.0411. The van der Waals surface area contributed by atoms with Gasteiger partial charge in [-0.1, -0.05) is 42.8 Å². The van der Waals surface area contributed by atoms with Gasteiger partial charge < -0.3 is 9.67 Å². The SMILES string of the molecule is CC(C)(C)C1c2cccn2-c2ccc(Br)cc2N1C(=O)c1cccc(O)c1. The molecule has 5 heteroatoms. The first-order valence-corrected chi connectivity index (χ1v) is 9.66. The van der Waals surface area contributed by atoms with E-state index >= 15 is 0 Å². The molecule has 0 saturated heterocycles. The van der Waals surface area contributed by atoms with Crippen LogP contribution in [0.4, 0.5) is 5.69 Å². The Balaban J connectivity index is 1.97. The molecule has 1 amide bonds. The number of halogens is 1. The number of carbonyl (C=O) groups excluding carboxylic acids is 1. The first kappa shape index (κ1) is 17.9. The highest BCUT2D eigenvalue weighted by molar-refractivity contribution is 9.10. The molecule has 1 unspecified atom stereocenters. The molecule has 0 spiro atoms. The van der Waals surface area contributed by atoms with Crippen molar-refractivity contribution in [2.75, 3.05) is 4.90 Å². The second-order valence-electron chi connectivity index (χ2n) is 7.93. The number of anilines is 1. The normalized spacial score (nSPS) is 16.0. The average Bonchev–Trinajstić information content (AvgIpc) is 3.08. The van der Waals surface area contributed by atoms with Crippen LogP contribution in [0.1, 0.15) is 42.9 Å². The number of benzene rings is 2. The first-order valence-electron chi connectivity index (χ1n) is 8.87. The summed E-state index contributed by atoms with van der Waals surface area (Å²) >= 11 is 3.55. The highest BCUT2D eigenvalue weighted by atomic mass is 79.9. The molecule has 1 N–H and O–H groups in total. The van der Waals surface area contributed by atoms with Crippen LogP contribution >= 0.6 is 15.9 Å². The Morgan fingerprint density at radius 1 is 1.04 bits per heavy atom. The lowest BCUT2D eigenvalue weighted by molar-refractivity contribution is 0.0950. The van der Waals surface area contributed by atoms with Crippen molar-refractivity contribution in [2.45, 2.75) is 26.8 Å². The van der Waals surface area contributed by atoms with Crippen molar-refractivity contribution in [1.29, 1.82) is 0 Å². The Morgan fingerprint density at radius 3 is 2.52 bits per heavy atom. The van der Waals surface area contributed by atoms with Gasteiger partial charge in [0.2, 0.25) is 0 Å². The van der Waals surface area contributed by atoms with E-state index in [1.165, 1.54) is 6.07 Å². The molecule has 1 aromatic heterocycles. The summed E-state index contributed by atoms with van der Waals surface area (Å²) in [6, 6.07) is 16.5. The molecule has 138 valence electrons. The third-order valence-electron chi connectivity index (χ3n) is 4.91. The second kappa shape index (κ2) is 6.27. The molecule has 4 rings (SSSR count). The van der Waals surface area contributed by atoms with Crippen molar-refractivity contribution >= 4 is 27.5 Å². The number of carbonyl (C=O) groups is 1. The van der Waals surface area contributed by atoms with E-state index < -0.39 is 0 Å². The highest BCUT2D eigenvalue weighted by Gasteiger charge is 2.42. The van der Waals surface area contributed by atoms with Crippen LogP contribution < -0.4 is 4.90 Å². The number of fused-ring (bicyclic) bond motifs is 3. The number of phenolic OH excluding ortho intramolecular Hbond substituents is 1. The van der Waals surface area contributed by atoms with Gasteiger partial charge in [0.1, 0.15) is 5.75 Å². The van der Waals surface area contributed by atoms with Gasteiger partial charge in [-0.3, -0.25) is 9.69 Å². The van der Waals surface area contributed by atoms with Crippen LogP contribution in [0.3, 0.4) is 0 Å². The predicted molar refractivity (Wildman–Crippen MR) is 111 cm³/mol. The van der Waals surface area contributed by atoms with Gasteiger partial charge in [-0.15, -0.1) is 0 Å². The van der Waals surface area contributed by atoms with Gasteiger partial charge in [0.05, 0.1) is 17.4 Å². The standard InChI is InChI=1S/C22H21BrN2O2/c1-22(2,3)20-18-8-5-11-24(18)17-10-9-15(23)13-19(17)25(20)21(27)14-6-4-7-16(26)12-14/h4-13,20,26H,1-3H3. The maximum Gasteiger partial charge on any atom is 0.259 e. The molecule has 0 aliphatic carbocycles. The first-order chi connectivity index (χ1) is 12.8. The third kappa shape index (κ3) is 2.96. The summed E-state index contributed by atoms with van der Waals surface area (Å²) in [5.41, 5.74) is 3.16. The van der Waals surface area contributed by atoms with E-state index in [2.05, 4.69) is 47.3 Å². The summed E-state index contributed by atoms with van der Waals surface area (Å²) in [5, 5.41) is 9.87. The third-order valence-corrected chi connectivity index (χ3v) is 5.40. The fraction of sp³-hybridized carbons (Fsp3) is 0.227. The van der Waals surface area contributed by atoms with Crippen LogP contribution in [0, 0.1) is 5.41 Å². The van der Waals surface area contributed by atoms with Crippen LogP contribution in [0.5, 0.6) is 5.75 Å². The highest BCUT2D eigenvalue weighted by Crippen LogP contribution is 2.48. The summed E-state index contributed by atoms with van der Waals surface area (Å²) < 4.78 is 3.07. The number of aromatic nitrogens is 1. The molecule has 2 aromatic carbocycles. The van der Waals surface area contributed by atoms with Gasteiger partial charge >= 0.3 is 0 Å². The number of nitrogens with zero attached hydrogens (tertiary/aromatic N) is 2. The van der Waals surface area contributed by atoms with E-state index in [9.17, 15) is 9.90 Å². The number of hydrogen-bond acceptors (Lipinski definition) is 2. The lowest BCUT2D eigenvalue weighted by Crippen LogP contribution is -2.45. The topological polar surface area (TPSA) is 45.5 Å². The van der Waals surface area contributed by atoms with Gasteiger partial charge in [0.25, 0.3) is 5.91 Å². The van der Waals surface area contributed by atoms with E-state index in [4.69, 9.17) is 0 Å². The average molecular weight is 425 g/mol. The molecule has 2 heterocycles. The van der Waals surface area contributed by atoms with Crippen LogP contribution in [0.25, 0.3) is 5.69 Å². The number of hydrogen-bond donors (Lipinski definition) is 1. The zero-order valence-electron chi connectivity index (χ0n) is 15.5. The van der Waals surface area contributed by atoms with Gasteiger partial charge in [-0.05, 0) is 53.9 Å². The Labute approximate surface area is 167 Å². The zero-order valence-corrected chi connectivity index (χ0v) is 17.1. The van der Waals surface area contributed by atoms with Crippen LogP contribution in [-0.4, -0.2) is 15.6 Å². The van der Waals surface area contributed by atoms with E-state index in [0.717, 1.165) is 21.5 Å². The number of phenols is 1. The van der Waals surface area contributed by atoms with Gasteiger partial charge in [0.15, 0.2) is 0 Å². The number of rotatable bonds is 1. The molecule has 0 saturated carbocycles. The van der Waals surface area contributed by atoms with Crippen molar-refractivity contribution < 1.29 is 9.90 Å². The summed E-state index contributed by atoms with van der Waals surface area (Å²) in [4.78, 5) is 15.5. The van der Waals surface area contributed by atoms with Gasteiger partial charge in [-0.2, -0.15) is 0 Å². The molecular formula is C22H21BrN2O2. The Kier molecular flexibility index (Phi) is 4.15. The quantitative estimate of drug-likeness (QED) is 0.544. The summed E-state index contributed by atoms with van der Waals surface area (Å²) in [6.45, 7) is 6.42. The smallest absolute Gasteiger partial charge is 0.259 e. The number of amides is 1. The Bertz CT molecular complexity index is 1030. The lowest BCUT2D eigenvalue weighted by atomic mass is 9.81. The van der Waals surface area contributed by atoms with E-state index in [1.54, 1.807) is 18.2 Å². The molecule has 4 nitrogen and oxygen atoms in total. The molecule has 0 bridgehead atoms. The summed E-state index contributed by atoms with van der Waals surface area (Å²) in [7, 11) is 0. The maximum absolute atomic E-state index is 13.6. The minimum Gasteiger partial charge on any atom is -0.508 e. The Morgan fingerprint density at radius 2 is 1.81 bits per heavy atom. The zero-order chi connectivity index (χ0) is 19.3. The van der Waals surface area contributed by atoms with Crippen LogP contribution in [0.2, 0.25) is 0 Å². The summed E-state index contributed by atoms with van der Waals surface area (Å²) in [6.07, 6.45) is 2.04. The Hall–Kier alpha value is -2.53. The van der Waals surface area contributed by atoms with E-state index in [0.29, 0.717) is 5.56 Å². The van der Waals surface area contributed by atoms with Crippen molar-refractivity contribution in [1.82, 2.24) is 4.57 Å². The monoisotopic (exact) mass is 424 g/mol. The molecule has 27 heavy (non-hydrogen) atoms. The lowest BCUT2D eigenvalue weighted by Gasteiger charge is -2.44. The molecule has 1 aliphatic rings. The molecule has 0 radical (unpaired) electrons. The van der Waals surface area contributed by atoms with Crippen molar-refractivity contribution in [3.8, 4) is 11.4 Å². The van der Waals surface area contributed by atoms with Gasteiger partial charge in [-0.25, -0.2) is 0 Å². The number of aromatic hydroxyl groups is 1. The molecular weight excluding hydrogens is 404 g/mol. The fourth-order valence-electron chi connectivity index (χ4n) is 3.84. The van der Waals surface area contributed by atoms with Crippen molar-refractivity contribution in [3.05, 3.63) is 76.5 Å². The fourth-order valence-corrected chi connectivity index (χ4v) is 4.19. The minimum absolute atomic E-state index is 0.0861. The van der Waals surface area contributed by atoms with E-state index in [1.807, 2.05) is 35.4 Å². The van der Waals surface area contributed by atoms with Crippen LogP contribution in [0.15, 0.2) is 65.3 Å². The minimum atomic E-state index is -0.192. The van der Waals surface area contributed by atoms with Crippen molar-refractivity contribution in [2.24, 2.45) is 5.41 Å². The second-order valence-corrected chi connectivity index (χ2v) is 8.85. The van der Waals surface area contributed by atoms with Gasteiger partial charge in [0, 0.05) is 21.9 Å². The van der Waals surface area contributed by atoms with E-state index in [-0.39, 0.29) is 23.1 Å².